The Bertz CT molecular complexity index is 515. The summed E-state index contributed by atoms with van der Waals surface area (Å²) in [4.78, 5) is 24.2. The van der Waals surface area contributed by atoms with Crippen LogP contribution < -0.4 is 0 Å². The van der Waals surface area contributed by atoms with Crippen LogP contribution in [-0.2, 0) is 0 Å². The number of phenols is 1. The second-order valence-corrected chi connectivity index (χ2v) is 4.77. The van der Waals surface area contributed by atoms with E-state index in [1.165, 1.54) is 12.1 Å². The molecule has 0 aromatic heterocycles. The Hall–Kier alpha value is -2.11. The van der Waals surface area contributed by atoms with E-state index in [-0.39, 0.29) is 22.9 Å². The summed E-state index contributed by atoms with van der Waals surface area (Å²) in [5.74, 6) is -0.0564. The first-order chi connectivity index (χ1) is 9.02. The van der Waals surface area contributed by atoms with Gasteiger partial charge in [0.2, 0.25) is 0 Å². The van der Waals surface area contributed by atoms with Crippen molar-refractivity contribution in [2.24, 2.45) is 5.92 Å². The van der Waals surface area contributed by atoms with E-state index in [1.54, 1.807) is 4.90 Å². The van der Waals surface area contributed by atoms with Gasteiger partial charge in [-0.25, -0.2) is 0 Å². The number of rotatable bonds is 3. The van der Waals surface area contributed by atoms with E-state index in [9.17, 15) is 20.0 Å². The minimum atomic E-state index is -0.597. The quantitative estimate of drug-likeness (QED) is 0.669. The Morgan fingerprint density at radius 1 is 1.58 bits per heavy atom. The number of aromatic hydroxyl groups is 1. The fraction of sp³-hybridized carbons (Fsp3) is 0.462. The number of nitro benzene ring substituents is 1. The molecule has 0 bridgehead atoms. The first-order valence-corrected chi connectivity index (χ1v) is 6.29. The highest BCUT2D eigenvalue weighted by Crippen LogP contribution is 2.27. The Morgan fingerprint density at radius 3 is 2.89 bits per heavy atom. The molecule has 0 spiro atoms. The number of amides is 1. The van der Waals surface area contributed by atoms with Crippen molar-refractivity contribution in [3.05, 3.63) is 33.9 Å². The van der Waals surface area contributed by atoms with Gasteiger partial charge in [-0.3, -0.25) is 14.9 Å². The van der Waals surface area contributed by atoms with E-state index in [4.69, 9.17) is 0 Å². The topological polar surface area (TPSA) is 83.7 Å². The van der Waals surface area contributed by atoms with Gasteiger partial charge in [0.05, 0.1) is 4.92 Å². The van der Waals surface area contributed by atoms with Crippen LogP contribution in [0.1, 0.15) is 30.1 Å². The summed E-state index contributed by atoms with van der Waals surface area (Å²) >= 11 is 0. The van der Waals surface area contributed by atoms with Crippen LogP contribution in [0.15, 0.2) is 18.2 Å². The van der Waals surface area contributed by atoms with Crippen molar-refractivity contribution < 1.29 is 14.8 Å². The third kappa shape index (κ3) is 2.67. The summed E-state index contributed by atoms with van der Waals surface area (Å²) in [5, 5.41) is 20.3. The molecule has 1 aromatic carbocycles. The zero-order valence-corrected chi connectivity index (χ0v) is 10.7. The van der Waals surface area contributed by atoms with Gasteiger partial charge in [-0.2, -0.15) is 0 Å². The van der Waals surface area contributed by atoms with E-state index >= 15 is 0 Å². The summed E-state index contributed by atoms with van der Waals surface area (Å²) in [6.45, 7) is 3.31. The van der Waals surface area contributed by atoms with Crippen molar-refractivity contribution in [2.75, 3.05) is 13.1 Å². The molecule has 1 saturated heterocycles. The van der Waals surface area contributed by atoms with Gasteiger partial charge in [-0.05, 0) is 24.5 Å². The van der Waals surface area contributed by atoms with Crippen molar-refractivity contribution in [1.29, 1.82) is 0 Å². The highest BCUT2D eigenvalue weighted by molar-refractivity contribution is 5.98. The Labute approximate surface area is 110 Å². The van der Waals surface area contributed by atoms with Gasteiger partial charge in [-0.1, -0.05) is 13.3 Å². The van der Waals surface area contributed by atoms with Crippen LogP contribution in [0, 0.1) is 16.0 Å². The van der Waals surface area contributed by atoms with Gasteiger partial charge < -0.3 is 10.0 Å². The summed E-state index contributed by atoms with van der Waals surface area (Å²) in [6.07, 6.45) is 1.92. The van der Waals surface area contributed by atoms with Gasteiger partial charge in [0.25, 0.3) is 11.6 Å². The van der Waals surface area contributed by atoms with E-state index in [0.29, 0.717) is 19.0 Å². The van der Waals surface area contributed by atoms with Crippen molar-refractivity contribution >= 4 is 11.6 Å². The molecule has 0 aliphatic carbocycles. The second kappa shape index (κ2) is 5.26. The lowest BCUT2D eigenvalue weighted by atomic mass is 10.1. The van der Waals surface area contributed by atoms with E-state index < -0.39 is 4.92 Å². The molecule has 1 fully saturated rings. The maximum Gasteiger partial charge on any atom is 0.282 e. The number of benzene rings is 1. The molecular formula is C13H16N2O4. The standard InChI is InChI=1S/C13H16N2O4/c1-2-9-5-6-14(8-9)13(17)11-7-10(16)3-4-12(11)15(18)19/h3-4,7,9,16H,2,5-6,8H2,1H3. The maximum atomic E-state index is 12.3. The molecule has 19 heavy (non-hydrogen) atoms. The van der Waals surface area contributed by atoms with Gasteiger partial charge in [0, 0.05) is 19.2 Å². The number of carbonyl (C=O) groups is 1. The minimum Gasteiger partial charge on any atom is -0.508 e. The predicted molar refractivity (Wildman–Crippen MR) is 69.1 cm³/mol. The molecule has 1 amide bonds. The van der Waals surface area contributed by atoms with Crippen LogP contribution in [0.4, 0.5) is 5.69 Å². The fourth-order valence-electron chi connectivity index (χ4n) is 2.38. The van der Waals surface area contributed by atoms with E-state index in [2.05, 4.69) is 6.92 Å². The van der Waals surface area contributed by atoms with Crippen molar-refractivity contribution in [2.45, 2.75) is 19.8 Å². The zero-order chi connectivity index (χ0) is 14.0. The fourth-order valence-corrected chi connectivity index (χ4v) is 2.38. The molecule has 1 atom stereocenters. The summed E-state index contributed by atoms with van der Waals surface area (Å²) in [7, 11) is 0. The highest BCUT2D eigenvalue weighted by atomic mass is 16.6. The number of nitro groups is 1. The van der Waals surface area contributed by atoms with Crippen LogP contribution in [0.2, 0.25) is 0 Å². The number of nitrogens with zero attached hydrogens (tertiary/aromatic N) is 2. The molecule has 0 radical (unpaired) electrons. The van der Waals surface area contributed by atoms with Gasteiger partial charge in [0.15, 0.2) is 0 Å². The molecular weight excluding hydrogens is 248 g/mol. The minimum absolute atomic E-state index is 0.0400. The average molecular weight is 264 g/mol. The first kappa shape index (κ1) is 13.3. The summed E-state index contributed by atoms with van der Waals surface area (Å²) in [6, 6.07) is 3.55. The van der Waals surface area contributed by atoms with Gasteiger partial charge in [0.1, 0.15) is 11.3 Å². The second-order valence-electron chi connectivity index (χ2n) is 4.77. The number of hydrogen-bond donors (Lipinski definition) is 1. The van der Waals surface area contributed by atoms with E-state index in [1.807, 2.05) is 0 Å². The lowest BCUT2D eigenvalue weighted by Crippen LogP contribution is -2.29. The number of phenolic OH excluding ortho intramolecular Hbond substituents is 1. The molecule has 102 valence electrons. The number of carbonyl (C=O) groups excluding carboxylic acids is 1. The van der Waals surface area contributed by atoms with Crippen molar-refractivity contribution in [3.8, 4) is 5.75 Å². The Kier molecular flexibility index (Phi) is 3.69. The molecule has 1 N–H and O–H groups in total. The molecule has 1 aliphatic heterocycles. The van der Waals surface area contributed by atoms with Crippen LogP contribution in [0.3, 0.4) is 0 Å². The Balaban J connectivity index is 2.28. The lowest BCUT2D eigenvalue weighted by molar-refractivity contribution is -0.385. The molecule has 2 rings (SSSR count). The summed E-state index contributed by atoms with van der Waals surface area (Å²) in [5.41, 5.74) is -0.301. The number of likely N-dealkylation sites (tertiary alicyclic amines) is 1. The lowest BCUT2D eigenvalue weighted by Gasteiger charge is -2.16. The largest absolute Gasteiger partial charge is 0.508 e. The monoisotopic (exact) mass is 264 g/mol. The third-order valence-corrected chi connectivity index (χ3v) is 3.56. The number of hydrogen-bond acceptors (Lipinski definition) is 4. The molecule has 1 aliphatic rings. The molecule has 0 saturated carbocycles. The highest BCUT2D eigenvalue weighted by Gasteiger charge is 2.30. The van der Waals surface area contributed by atoms with Crippen LogP contribution in [0.25, 0.3) is 0 Å². The van der Waals surface area contributed by atoms with Crippen molar-refractivity contribution in [1.82, 2.24) is 4.90 Å². The van der Waals surface area contributed by atoms with Crippen LogP contribution in [0.5, 0.6) is 5.75 Å². The smallest absolute Gasteiger partial charge is 0.282 e. The molecule has 1 unspecified atom stereocenters. The predicted octanol–water partition coefficient (Wildman–Crippen LogP) is 2.17. The molecule has 6 nitrogen and oxygen atoms in total. The van der Waals surface area contributed by atoms with Crippen molar-refractivity contribution in [3.63, 3.8) is 0 Å². The molecule has 1 aromatic rings. The first-order valence-electron chi connectivity index (χ1n) is 6.29. The molecule has 6 heteroatoms. The third-order valence-electron chi connectivity index (χ3n) is 3.56. The van der Waals surface area contributed by atoms with Crippen LogP contribution >= 0.6 is 0 Å². The maximum absolute atomic E-state index is 12.3. The van der Waals surface area contributed by atoms with E-state index in [0.717, 1.165) is 18.9 Å². The average Bonchev–Trinajstić information content (AvgIpc) is 2.86. The summed E-state index contributed by atoms with van der Waals surface area (Å²) < 4.78 is 0. The SMILES string of the molecule is CCC1CCN(C(=O)c2cc(O)ccc2[N+](=O)[O-])C1. The Morgan fingerprint density at radius 2 is 2.32 bits per heavy atom. The molecule has 1 heterocycles. The van der Waals surface area contributed by atoms with Crippen LogP contribution in [-0.4, -0.2) is 33.9 Å². The van der Waals surface area contributed by atoms with Gasteiger partial charge in [-0.15, -0.1) is 0 Å². The van der Waals surface area contributed by atoms with Gasteiger partial charge >= 0.3 is 0 Å². The zero-order valence-electron chi connectivity index (χ0n) is 10.7. The normalized spacial score (nSPS) is 18.6.